The molecular formula is C15H35O4PSi. The van der Waals surface area contributed by atoms with Crippen LogP contribution in [0.15, 0.2) is 0 Å². The van der Waals surface area contributed by atoms with Crippen molar-refractivity contribution in [3.8, 4) is 0 Å². The molecule has 0 aliphatic heterocycles. The molecule has 0 amide bonds. The third-order valence-electron chi connectivity index (χ3n) is 3.60. The first-order chi connectivity index (χ1) is 10.00. The van der Waals surface area contributed by atoms with Crippen LogP contribution in [0.5, 0.6) is 0 Å². The van der Waals surface area contributed by atoms with Gasteiger partial charge in [-0.1, -0.05) is 20.8 Å². The molecule has 0 aliphatic rings. The van der Waals surface area contributed by atoms with Crippen molar-refractivity contribution in [3.05, 3.63) is 0 Å². The summed E-state index contributed by atoms with van der Waals surface area (Å²) in [4.78, 5) is 0. The van der Waals surface area contributed by atoms with Crippen LogP contribution in [0.3, 0.4) is 0 Å². The van der Waals surface area contributed by atoms with E-state index < -0.39 is 15.9 Å². The number of hydrogen-bond donors (Lipinski definition) is 0. The summed E-state index contributed by atoms with van der Waals surface area (Å²) in [6, 6.07) is 0. The molecule has 0 fully saturated rings. The van der Waals surface area contributed by atoms with Gasteiger partial charge < -0.3 is 17.8 Å². The predicted molar refractivity (Wildman–Crippen MR) is 92.6 cm³/mol. The van der Waals surface area contributed by atoms with Crippen molar-refractivity contribution >= 4 is 15.9 Å². The van der Waals surface area contributed by atoms with Gasteiger partial charge in [0.05, 0.1) is 12.4 Å². The van der Waals surface area contributed by atoms with E-state index in [0.29, 0.717) is 19.8 Å². The molecule has 0 spiro atoms. The van der Waals surface area contributed by atoms with Crippen molar-refractivity contribution in [2.24, 2.45) is 0 Å². The van der Waals surface area contributed by atoms with Gasteiger partial charge in [0.1, 0.15) is 0 Å². The van der Waals surface area contributed by atoms with Gasteiger partial charge in [-0.25, -0.2) is 0 Å². The van der Waals surface area contributed by atoms with Crippen LogP contribution in [0, 0.1) is 0 Å². The second-order valence-electron chi connectivity index (χ2n) is 5.23. The zero-order valence-electron chi connectivity index (χ0n) is 14.8. The van der Waals surface area contributed by atoms with Gasteiger partial charge in [-0.15, -0.1) is 0 Å². The second-order valence-corrected chi connectivity index (χ2v) is 11.9. The molecule has 0 aromatic rings. The van der Waals surface area contributed by atoms with E-state index in [1.54, 1.807) is 0 Å². The summed E-state index contributed by atoms with van der Waals surface area (Å²) in [6.45, 7) is 13.8. The van der Waals surface area contributed by atoms with Gasteiger partial charge in [-0.2, -0.15) is 0 Å². The Labute approximate surface area is 132 Å². The third kappa shape index (κ3) is 5.79. The van der Waals surface area contributed by atoms with Crippen molar-refractivity contribution in [2.45, 2.75) is 66.1 Å². The monoisotopic (exact) mass is 338 g/mol. The maximum Gasteiger partial charge on any atom is 0.511 e. The Kier molecular flexibility index (Phi) is 11.1. The highest BCUT2D eigenvalue weighted by Gasteiger charge is 2.55. The van der Waals surface area contributed by atoms with Gasteiger partial charge in [0.25, 0.3) is 0 Å². The van der Waals surface area contributed by atoms with Gasteiger partial charge in [0.15, 0.2) is 0 Å². The van der Waals surface area contributed by atoms with Crippen molar-refractivity contribution in [3.63, 3.8) is 0 Å². The molecule has 0 bridgehead atoms. The van der Waals surface area contributed by atoms with Crippen LogP contribution in [0.2, 0.25) is 0 Å². The highest BCUT2D eigenvalue weighted by molar-refractivity contribution is 7.67. The van der Waals surface area contributed by atoms with Crippen molar-refractivity contribution < 1.29 is 17.8 Å². The lowest BCUT2D eigenvalue weighted by molar-refractivity contribution is 0.0682. The molecule has 0 saturated carbocycles. The van der Waals surface area contributed by atoms with E-state index in [-0.39, 0.29) is 5.28 Å². The smallest absolute Gasteiger partial charge is 0.373 e. The highest BCUT2D eigenvalue weighted by Crippen LogP contribution is 2.56. The fraction of sp³-hybridized carbons (Fsp3) is 1.00. The van der Waals surface area contributed by atoms with Gasteiger partial charge in [0.2, 0.25) is 0 Å². The first-order valence-corrected chi connectivity index (χ1v) is 12.4. The summed E-state index contributed by atoms with van der Waals surface area (Å²) in [5.41, 5.74) is 0. The molecule has 0 aromatic carbocycles. The quantitative estimate of drug-likeness (QED) is 0.365. The molecule has 0 heterocycles. The molecule has 0 N–H and O–H groups in total. The van der Waals surface area contributed by atoms with Crippen molar-refractivity contribution in [2.75, 3.05) is 32.1 Å². The lowest BCUT2D eigenvalue weighted by Crippen LogP contribution is -2.56. The fourth-order valence-electron chi connectivity index (χ4n) is 3.07. The minimum absolute atomic E-state index is 0.0650. The van der Waals surface area contributed by atoms with Crippen LogP contribution in [0.1, 0.15) is 60.8 Å². The molecule has 1 unspecified atom stereocenters. The molecule has 0 aromatic heterocycles. The molecule has 128 valence electrons. The van der Waals surface area contributed by atoms with Crippen LogP contribution in [0.4, 0.5) is 0 Å². The number of hydrogen-bond acceptors (Lipinski definition) is 4. The largest absolute Gasteiger partial charge is 0.511 e. The zero-order valence-corrected chi connectivity index (χ0v) is 16.7. The average molecular weight is 339 g/mol. The third-order valence-corrected chi connectivity index (χ3v) is 13.2. The minimum Gasteiger partial charge on any atom is -0.373 e. The maximum absolute atomic E-state index is 13.6. The average Bonchev–Trinajstić information content (AvgIpc) is 2.40. The van der Waals surface area contributed by atoms with Crippen LogP contribution < -0.4 is 0 Å². The summed E-state index contributed by atoms with van der Waals surface area (Å²) in [5.74, 6) is 0. The Morgan fingerprint density at radius 2 is 1.19 bits per heavy atom. The zero-order chi connectivity index (χ0) is 16.4. The fourth-order valence-corrected chi connectivity index (χ4v) is 12.4. The Bertz CT molecular complexity index is 285. The van der Waals surface area contributed by atoms with E-state index in [9.17, 15) is 4.57 Å². The molecule has 0 rings (SSSR count). The summed E-state index contributed by atoms with van der Waals surface area (Å²) in [5, 5.41) is -0.0650. The van der Waals surface area contributed by atoms with E-state index in [2.05, 4.69) is 20.8 Å². The summed E-state index contributed by atoms with van der Waals surface area (Å²) < 4.78 is 31.7. The van der Waals surface area contributed by atoms with Crippen LogP contribution in [0.25, 0.3) is 0 Å². The Morgan fingerprint density at radius 1 is 0.810 bits per heavy atom. The molecule has 0 aliphatic carbocycles. The second kappa shape index (κ2) is 11.0. The minimum atomic E-state index is -2.90. The molecule has 4 nitrogen and oxygen atoms in total. The van der Waals surface area contributed by atoms with Gasteiger partial charge in [0, 0.05) is 32.1 Å². The van der Waals surface area contributed by atoms with Crippen molar-refractivity contribution in [1.29, 1.82) is 0 Å². The molecule has 6 heteroatoms. The van der Waals surface area contributed by atoms with Crippen LogP contribution in [-0.2, 0) is 17.8 Å². The van der Waals surface area contributed by atoms with Crippen LogP contribution >= 0.6 is 7.14 Å². The lowest BCUT2D eigenvalue weighted by Gasteiger charge is -2.39. The maximum atomic E-state index is 13.6. The SMILES string of the molecule is CCCP(=O)(CCC)C(CC)[Si](OCC)(OCC)OCC. The van der Waals surface area contributed by atoms with Crippen LogP contribution in [-0.4, -0.2) is 46.2 Å². The molecule has 1 atom stereocenters. The van der Waals surface area contributed by atoms with E-state index >= 15 is 0 Å². The highest BCUT2D eigenvalue weighted by atomic mass is 31.2. The molecular weight excluding hydrogens is 303 g/mol. The topological polar surface area (TPSA) is 44.8 Å². The van der Waals surface area contributed by atoms with Gasteiger partial charge >= 0.3 is 8.80 Å². The van der Waals surface area contributed by atoms with E-state index in [1.807, 2.05) is 20.8 Å². The molecule has 0 radical (unpaired) electrons. The summed E-state index contributed by atoms with van der Waals surface area (Å²) >= 11 is 0. The Morgan fingerprint density at radius 3 is 1.43 bits per heavy atom. The molecule has 21 heavy (non-hydrogen) atoms. The summed E-state index contributed by atoms with van der Waals surface area (Å²) in [7, 11) is -5.25. The van der Waals surface area contributed by atoms with Gasteiger partial charge in [-0.05, 0) is 40.0 Å². The first-order valence-electron chi connectivity index (χ1n) is 8.49. The normalized spacial score (nSPS) is 14.4. The Hall–Kier alpha value is 0.327. The van der Waals surface area contributed by atoms with E-state index in [1.165, 1.54) is 0 Å². The summed E-state index contributed by atoms with van der Waals surface area (Å²) in [6.07, 6.45) is 4.19. The number of rotatable bonds is 13. The van der Waals surface area contributed by atoms with E-state index in [4.69, 9.17) is 13.3 Å². The van der Waals surface area contributed by atoms with E-state index in [0.717, 1.165) is 31.6 Å². The van der Waals surface area contributed by atoms with Gasteiger partial charge in [-0.3, -0.25) is 0 Å². The first kappa shape index (κ1) is 21.3. The molecule has 0 saturated heterocycles. The Balaban J connectivity index is 5.66. The standard InChI is InChI=1S/C15H35O4PSi/c1-7-13-20(16,14-8-2)15(9-3)21(17-10-4,18-11-5)19-12-6/h15H,7-14H2,1-6H3. The van der Waals surface area contributed by atoms with Crippen molar-refractivity contribution in [1.82, 2.24) is 0 Å². The lowest BCUT2D eigenvalue weighted by atomic mass is 10.6. The predicted octanol–water partition coefficient (Wildman–Crippen LogP) is 4.54.